The second kappa shape index (κ2) is 10.9. The van der Waals surface area contributed by atoms with Gasteiger partial charge in [-0.2, -0.15) is 4.98 Å². The highest BCUT2D eigenvalue weighted by Crippen LogP contribution is 2.23. The first-order valence-electron chi connectivity index (χ1n) is 11.4. The van der Waals surface area contributed by atoms with Crippen LogP contribution in [-0.4, -0.2) is 46.5 Å². The average molecular weight is 460 g/mol. The van der Waals surface area contributed by atoms with Gasteiger partial charge in [0.25, 0.3) is 5.91 Å². The van der Waals surface area contributed by atoms with E-state index in [9.17, 15) is 9.59 Å². The van der Waals surface area contributed by atoms with Crippen molar-refractivity contribution >= 4 is 17.5 Å². The minimum atomic E-state index is -0.241. The Labute approximate surface area is 199 Å². The van der Waals surface area contributed by atoms with Gasteiger partial charge in [-0.05, 0) is 51.1 Å². The van der Waals surface area contributed by atoms with Crippen molar-refractivity contribution in [3.05, 3.63) is 78.2 Å². The van der Waals surface area contributed by atoms with Crippen molar-refractivity contribution in [3.8, 4) is 11.4 Å². The predicted octanol–water partition coefficient (Wildman–Crippen LogP) is 3.81. The molecule has 2 N–H and O–H groups in total. The molecule has 2 heterocycles. The van der Waals surface area contributed by atoms with E-state index in [1.165, 1.54) is 0 Å². The molecule has 4 rings (SSSR count). The smallest absolute Gasteiger partial charge is 0.253 e. The fourth-order valence-electron chi connectivity index (χ4n) is 4.05. The number of carbonyl (C=O) groups is 2. The van der Waals surface area contributed by atoms with Crippen molar-refractivity contribution in [1.82, 2.24) is 20.4 Å². The molecule has 1 aliphatic rings. The first-order valence-corrected chi connectivity index (χ1v) is 11.4. The second-order valence-electron chi connectivity index (χ2n) is 8.47. The van der Waals surface area contributed by atoms with Crippen LogP contribution in [0.1, 0.15) is 34.7 Å². The molecular weight excluding hydrogens is 430 g/mol. The van der Waals surface area contributed by atoms with E-state index in [1.807, 2.05) is 31.2 Å². The molecule has 34 heavy (non-hydrogen) atoms. The SMILES string of the molecule is C=CCNC(=O)c1ccccc1NC(=O)C1CCN(Cc2nc(-c3cccc(C)c3)no2)CC1. The number of nitrogens with one attached hydrogen (secondary N) is 2. The number of anilines is 1. The molecule has 0 radical (unpaired) electrons. The summed E-state index contributed by atoms with van der Waals surface area (Å²) in [4.78, 5) is 32.0. The maximum atomic E-state index is 12.9. The van der Waals surface area contributed by atoms with Crippen LogP contribution in [-0.2, 0) is 11.3 Å². The van der Waals surface area contributed by atoms with Gasteiger partial charge in [-0.25, -0.2) is 0 Å². The third-order valence-electron chi connectivity index (χ3n) is 5.90. The summed E-state index contributed by atoms with van der Waals surface area (Å²) in [5.74, 6) is 0.729. The van der Waals surface area contributed by atoms with E-state index < -0.39 is 0 Å². The maximum Gasteiger partial charge on any atom is 0.253 e. The van der Waals surface area contributed by atoms with Gasteiger partial charge in [-0.1, -0.05) is 47.1 Å². The number of carbonyl (C=O) groups excluding carboxylic acids is 2. The number of nitrogens with zero attached hydrogens (tertiary/aromatic N) is 3. The molecule has 1 aliphatic heterocycles. The lowest BCUT2D eigenvalue weighted by Gasteiger charge is -2.30. The van der Waals surface area contributed by atoms with E-state index >= 15 is 0 Å². The zero-order valence-electron chi connectivity index (χ0n) is 19.3. The molecule has 2 amide bonds. The lowest BCUT2D eigenvalue weighted by atomic mass is 9.95. The van der Waals surface area contributed by atoms with Crippen molar-refractivity contribution in [1.29, 1.82) is 0 Å². The fourth-order valence-corrected chi connectivity index (χ4v) is 4.05. The molecule has 176 valence electrons. The van der Waals surface area contributed by atoms with Gasteiger partial charge in [-0.15, -0.1) is 6.58 Å². The molecule has 0 saturated carbocycles. The van der Waals surface area contributed by atoms with Gasteiger partial charge < -0.3 is 15.2 Å². The summed E-state index contributed by atoms with van der Waals surface area (Å²) in [5.41, 5.74) is 3.04. The topological polar surface area (TPSA) is 100 Å². The number of para-hydroxylation sites is 1. The number of hydrogen-bond acceptors (Lipinski definition) is 6. The zero-order valence-corrected chi connectivity index (χ0v) is 19.3. The van der Waals surface area contributed by atoms with Crippen LogP contribution in [0.4, 0.5) is 5.69 Å². The van der Waals surface area contributed by atoms with Crippen molar-refractivity contribution in [3.63, 3.8) is 0 Å². The number of amides is 2. The van der Waals surface area contributed by atoms with Crippen molar-refractivity contribution < 1.29 is 14.1 Å². The van der Waals surface area contributed by atoms with Gasteiger partial charge >= 0.3 is 0 Å². The predicted molar refractivity (Wildman–Crippen MR) is 130 cm³/mol. The van der Waals surface area contributed by atoms with Crippen LogP contribution < -0.4 is 10.6 Å². The molecule has 8 nitrogen and oxygen atoms in total. The quantitative estimate of drug-likeness (QED) is 0.497. The van der Waals surface area contributed by atoms with Crippen LogP contribution in [0, 0.1) is 12.8 Å². The van der Waals surface area contributed by atoms with Gasteiger partial charge in [0.15, 0.2) is 0 Å². The van der Waals surface area contributed by atoms with Crippen LogP contribution in [0.5, 0.6) is 0 Å². The molecular formula is C26H29N5O3. The summed E-state index contributed by atoms with van der Waals surface area (Å²) in [6.45, 7) is 8.06. The standard InChI is InChI=1S/C26H29N5O3/c1-3-13-27-26(33)21-9-4-5-10-22(21)28-25(32)19-11-14-31(15-12-19)17-23-29-24(30-34-23)20-8-6-7-18(2)16-20/h3-10,16,19H,1,11-15,17H2,2H3,(H,27,33)(H,28,32). The lowest BCUT2D eigenvalue weighted by molar-refractivity contribution is -0.121. The van der Waals surface area contributed by atoms with E-state index in [0.29, 0.717) is 36.1 Å². The highest BCUT2D eigenvalue weighted by atomic mass is 16.5. The monoisotopic (exact) mass is 459 g/mol. The van der Waals surface area contributed by atoms with Crippen molar-refractivity contribution in [2.45, 2.75) is 26.3 Å². The summed E-state index contributed by atoms with van der Waals surface area (Å²) in [6.07, 6.45) is 3.05. The Morgan fingerprint density at radius 3 is 2.74 bits per heavy atom. The third-order valence-corrected chi connectivity index (χ3v) is 5.90. The number of likely N-dealkylation sites (tertiary alicyclic amines) is 1. The van der Waals surface area contributed by atoms with E-state index in [-0.39, 0.29) is 17.7 Å². The van der Waals surface area contributed by atoms with Crippen LogP contribution in [0.15, 0.2) is 65.7 Å². The summed E-state index contributed by atoms with van der Waals surface area (Å²) in [7, 11) is 0. The molecule has 8 heteroatoms. The zero-order chi connectivity index (χ0) is 23.9. The van der Waals surface area contributed by atoms with Gasteiger partial charge in [0.1, 0.15) is 0 Å². The third kappa shape index (κ3) is 5.77. The maximum absolute atomic E-state index is 12.9. The minimum absolute atomic E-state index is 0.0665. The Morgan fingerprint density at radius 2 is 1.97 bits per heavy atom. The number of rotatable bonds is 8. The first-order chi connectivity index (χ1) is 16.5. The molecule has 0 unspecified atom stereocenters. The van der Waals surface area contributed by atoms with Crippen LogP contribution in [0.3, 0.4) is 0 Å². The van der Waals surface area contributed by atoms with E-state index in [2.05, 4.69) is 32.3 Å². The Balaban J connectivity index is 1.30. The van der Waals surface area contributed by atoms with Crippen LogP contribution in [0.25, 0.3) is 11.4 Å². The molecule has 0 bridgehead atoms. The summed E-state index contributed by atoms with van der Waals surface area (Å²) < 4.78 is 5.45. The Morgan fingerprint density at radius 1 is 1.18 bits per heavy atom. The largest absolute Gasteiger partial charge is 0.349 e. The van der Waals surface area contributed by atoms with E-state index in [4.69, 9.17) is 4.52 Å². The highest BCUT2D eigenvalue weighted by molar-refractivity contribution is 6.04. The molecule has 0 aliphatic carbocycles. The lowest BCUT2D eigenvalue weighted by Crippen LogP contribution is -2.38. The number of benzene rings is 2. The van der Waals surface area contributed by atoms with Crippen LogP contribution in [0.2, 0.25) is 0 Å². The molecule has 1 saturated heterocycles. The Bertz CT molecular complexity index is 1160. The van der Waals surface area contributed by atoms with Gasteiger partial charge in [0.05, 0.1) is 17.8 Å². The van der Waals surface area contributed by atoms with Crippen molar-refractivity contribution in [2.24, 2.45) is 5.92 Å². The average Bonchev–Trinajstić information content (AvgIpc) is 3.32. The summed E-state index contributed by atoms with van der Waals surface area (Å²) >= 11 is 0. The molecule has 0 atom stereocenters. The molecule has 1 fully saturated rings. The minimum Gasteiger partial charge on any atom is -0.349 e. The van der Waals surface area contributed by atoms with Gasteiger partial charge in [0.2, 0.25) is 17.6 Å². The highest BCUT2D eigenvalue weighted by Gasteiger charge is 2.27. The number of aromatic nitrogens is 2. The van der Waals surface area contributed by atoms with E-state index in [1.54, 1.807) is 30.3 Å². The number of hydrogen-bond donors (Lipinski definition) is 2. The van der Waals surface area contributed by atoms with Gasteiger partial charge in [-0.3, -0.25) is 14.5 Å². The normalized spacial score (nSPS) is 14.5. The Hall–Kier alpha value is -3.78. The van der Waals surface area contributed by atoms with E-state index in [0.717, 1.165) is 37.1 Å². The fraction of sp³-hybridized carbons (Fsp3) is 0.308. The second-order valence-corrected chi connectivity index (χ2v) is 8.47. The van der Waals surface area contributed by atoms with Crippen molar-refractivity contribution in [2.75, 3.05) is 25.0 Å². The molecule has 3 aromatic rings. The van der Waals surface area contributed by atoms with Crippen LogP contribution >= 0.6 is 0 Å². The first kappa shape index (κ1) is 23.4. The summed E-state index contributed by atoms with van der Waals surface area (Å²) in [6, 6.07) is 15.0. The Kier molecular flexibility index (Phi) is 7.49. The number of aryl methyl sites for hydroxylation is 1. The molecule has 0 spiro atoms. The molecule has 1 aromatic heterocycles. The summed E-state index contributed by atoms with van der Waals surface area (Å²) in [5, 5.41) is 9.80. The molecule has 2 aromatic carbocycles. The number of piperidine rings is 1. The van der Waals surface area contributed by atoms with Gasteiger partial charge in [0, 0.05) is 18.0 Å².